The Morgan fingerprint density at radius 2 is 1.75 bits per heavy atom. The molecule has 3 amide bonds. The molecule has 232 valence electrons. The number of hydrogen-bond acceptors (Lipinski definition) is 9. The van der Waals surface area contributed by atoms with Crippen LogP contribution in [0.2, 0.25) is 0 Å². The number of hydrogen-bond donors (Lipinski definition) is 2. The van der Waals surface area contributed by atoms with Crippen LogP contribution >= 0.6 is 0 Å². The van der Waals surface area contributed by atoms with Gasteiger partial charge in [-0.3, -0.25) is 19.4 Å². The van der Waals surface area contributed by atoms with Gasteiger partial charge in [0.05, 0.1) is 18.5 Å². The minimum absolute atomic E-state index is 0.0876. The molecule has 2 N–H and O–H groups in total. The number of likely N-dealkylation sites (N-methyl/N-ethyl adjacent to an activating group) is 2. The molecule has 0 unspecified atom stereocenters. The Kier molecular flexibility index (Phi) is 8.33. The number of aromatic nitrogens is 2. The zero-order valence-electron chi connectivity index (χ0n) is 25.9. The average Bonchev–Trinajstić information content (AvgIpc) is 3.05. The first-order chi connectivity index (χ1) is 20.9. The predicted molar refractivity (Wildman–Crippen MR) is 169 cm³/mol. The van der Waals surface area contributed by atoms with Gasteiger partial charge in [0.2, 0.25) is 5.95 Å². The van der Waals surface area contributed by atoms with Gasteiger partial charge in [0.1, 0.15) is 17.9 Å². The van der Waals surface area contributed by atoms with Gasteiger partial charge in [0.25, 0.3) is 11.8 Å². The number of nitrogens with one attached hydrogen (secondary N) is 1. The van der Waals surface area contributed by atoms with Gasteiger partial charge in [-0.2, -0.15) is 4.98 Å². The molecule has 0 spiro atoms. The smallest absolute Gasteiger partial charge is 0.412 e. The van der Waals surface area contributed by atoms with Gasteiger partial charge in [-0.1, -0.05) is 6.07 Å². The minimum atomic E-state index is -1.13. The number of amides is 3. The van der Waals surface area contributed by atoms with E-state index in [9.17, 15) is 19.5 Å². The van der Waals surface area contributed by atoms with E-state index in [0.717, 1.165) is 31.9 Å². The van der Waals surface area contributed by atoms with Crippen molar-refractivity contribution in [1.29, 1.82) is 0 Å². The maximum absolute atomic E-state index is 13.6. The maximum atomic E-state index is 13.6. The largest absolute Gasteiger partial charge is 0.494 e. The van der Waals surface area contributed by atoms with Crippen LogP contribution < -0.4 is 24.8 Å². The highest BCUT2D eigenvalue weighted by atomic mass is 16.5. The van der Waals surface area contributed by atoms with Crippen LogP contribution in [0, 0.1) is 0 Å². The molecule has 5 rings (SSSR count). The van der Waals surface area contributed by atoms with Crippen molar-refractivity contribution in [3.8, 4) is 5.75 Å². The van der Waals surface area contributed by atoms with Gasteiger partial charge in [-0.15, -0.1) is 0 Å². The van der Waals surface area contributed by atoms with E-state index < -0.39 is 23.4 Å². The van der Waals surface area contributed by atoms with Gasteiger partial charge < -0.3 is 29.9 Å². The molecule has 13 nitrogen and oxygen atoms in total. The minimum Gasteiger partial charge on any atom is -0.494 e. The molecule has 44 heavy (non-hydrogen) atoms. The molecule has 1 fully saturated rings. The second kappa shape index (κ2) is 12.0. The summed E-state index contributed by atoms with van der Waals surface area (Å²) in [4.78, 5) is 56.6. The van der Waals surface area contributed by atoms with Crippen molar-refractivity contribution in [2.75, 3.05) is 73.9 Å². The Balaban J connectivity index is 1.53. The predicted octanol–water partition coefficient (Wildman–Crippen LogP) is 4.01. The summed E-state index contributed by atoms with van der Waals surface area (Å²) in [7, 11) is 5.24. The van der Waals surface area contributed by atoms with Crippen molar-refractivity contribution in [3.05, 3.63) is 54.2 Å². The molecular formula is C31H38N8O5. The zero-order chi connectivity index (χ0) is 31.8. The summed E-state index contributed by atoms with van der Waals surface area (Å²) in [6.45, 7) is 8.91. The molecule has 1 aromatic heterocycles. The number of carbonyl (C=O) groups excluding carboxylic acids is 2. The van der Waals surface area contributed by atoms with Crippen LogP contribution in [0.25, 0.3) is 0 Å². The zero-order valence-corrected chi connectivity index (χ0v) is 25.9. The molecule has 3 aromatic rings. The summed E-state index contributed by atoms with van der Waals surface area (Å²) in [6.07, 6.45) is 0.261. The fraction of sp³-hybridized carbons (Fsp3) is 0.387. The lowest BCUT2D eigenvalue weighted by molar-refractivity contribution is -0.118. The van der Waals surface area contributed by atoms with Crippen LogP contribution in [-0.4, -0.2) is 102 Å². The summed E-state index contributed by atoms with van der Waals surface area (Å²) in [6, 6.07) is 12.5. The number of fused-ring (bicyclic) bond motifs is 1. The number of nitrogens with zero attached hydrogens (tertiary/aromatic N) is 7. The molecule has 0 bridgehead atoms. The first kappa shape index (κ1) is 30.5. The van der Waals surface area contributed by atoms with Crippen molar-refractivity contribution >= 4 is 52.4 Å². The fourth-order valence-electron chi connectivity index (χ4n) is 5.41. The Morgan fingerprint density at radius 1 is 1.02 bits per heavy atom. The summed E-state index contributed by atoms with van der Waals surface area (Å²) in [5, 5.41) is 13.1. The van der Waals surface area contributed by atoms with E-state index in [1.54, 1.807) is 52.1 Å². The number of benzene rings is 2. The Hall–Kier alpha value is -4.91. The van der Waals surface area contributed by atoms with Crippen LogP contribution in [0.4, 0.5) is 39.3 Å². The Morgan fingerprint density at radius 3 is 2.41 bits per heavy atom. The third-order valence-corrected chi connectivity index (χ3v) is 7.69. The van der Waals surface area contributed by atoms with Gasteiger partial charge in [-0.05, 0) is 58.2 Å². The number of anilines is 6. The topological polar surface area (TPSA) is 135 Å². The van der Waals surface area contributed by atoms with Gasteiger partial charge >= 0.3 is 6.09 Å². The van der Waals surface area contributed by atoms with Crippen molar-refractivity contribution in [2.24, 2.45) is 0 Å². The first-order valence-corrected chi connectivity index (χ1v) is 14.3. The standard InChI is InChI=1S/C31H38N8O5/c1-31(2,3)39(30(42)43)22-9-7-8-21(16-22)38-26(40)19-36(5)28(41)23-18-32-29(34-27(23)38)33-24-11-10-20(17-25(24)44-6)37-14-12-35(4)13-15-37/h7-11,16-18H,12-15,19H2,1-6H3,(H,42,43)(H,32,33,34). The van der Waals surface area contributed by atoms with Crippen LogP contribution in [-0.2, 0) is 4.79 Å². The molecule has 3 heterocycles. The summed E-state index contributed by atoms with van der Waals surface area (Å²) < 4.78 is 5.69. The average molecular weight is 603 g/mol. The van der Waals surface area contributed by atoms with E-state index in [2.05, 4.69) is 32.1 Å². The Bertz CT molecular complexity index is 1580. The number of carboxylic acid groups (broad SMARTS) is 1. The molecule has 1 saturated heterocycles. The van der Waals surface area contributed by atoms with E-state index in [4.69, 9.17) is 4.74 Å². The van der Waals surface area contributed by atoms with Gasteiger partial charge in [0, 0.05) is 62.4 Å². The lowest BCUT2D eigenvalue weighted by Crippen LogP contribution is -2.45. The molecule has 0 radical (unpaired) electrons. The first-order valence-electron chi connectivity index (χ1n) is 14.3. The van der Waals surface area contributed by atoms with Crippen LogP contribution in [0.1, 0.15) is 31.1 Å². The SMILES string of the molecule is COc1cc(N2CCN(C)CC2)ccc1Nc1ncc2c(n1)N(c1cccc(N(C(=O)O)C(C)(C)C)c1)C(=O)CN(C)C2=O. The molecular weight excluding hydrogens is 564 g/mol. The van der Waals surface area contributed by atoms with E-state index in [-0.39, 0.29) is 23.9 Å². The third-order valence-electron chi connectivity index (χ3n) is 7.69. The molecule has 0 atom stereocenters. The van der Waals surface area contributed by atoms with Gasteiger partial charge in [0.15, 0.2) is 5.82 Å². The number of carbonyl (C=O) groups is 3. The normalized spacial score (nSPS) is 16.0. The van der Waals surface area contributed by atoms with Crippen LogP contribution in [0.3, 0.4) is 0 Å². The van der Waals surface area contributed by atoms with Crippen LogP contribution in [0.15, 0.2) is 48.7 Å². The highest BCUT2D eigenvalue weighted by Crippen LogP contribution is 2.36. The number of rotatable bonds is 6. The molecule has 2 aliphatic heterocycles. The highest BCUT2D eigenvalue weighted by molar-refractivity contribution is 6.12. The number of piperazine rings is 1. The summed E-state index contributed by atoms with van der Waals surface area (Å²) in [5.74, 6) is 0.0160. The molecule has 13 heteroatoms. The second-order valence-corrected chi connectivity index (χ2v) is 11.9. The second-order valence-electron chi connectivity index (χ2n) is 11.9. The summed E-state index contributed by atoms with van der Waals surface area (Å²) in [5.41, 5.74) is 1.78. The van der Waals surface area contributed by atoms with Crippen molar-refractivity contribution < 1.29 is 24.2 Å². The number of methoxy groups -OCH3 is 1. The van der Waals surface area contributed by atoms with E-state index in [0.29, 0.717) is 22.8 Å². The van der Waals surface area contributed by atoms with Crippen molar-refractivity contribution in [2.45, 2.75) is 26.3 Å². The quantitative estimate of drug-likeness (QED) is 0.426. The van der Waals surface area contributed by atoms with Crippen molar-refractivity contribution in [3.63, 3.8) is 0 Å². The van der Waals surface area contributed by atoms with Crippen molar-refractivity contribution in [1.82, 2.24) is 19.8 Å². The molecule has 0 aliphatic carbocycles. The highest BCUT2D eigenvalue weighted by Gasteiger charge is 2.34. The number of ether oxygens (including phenoxy) is 1. The lowest BCUT2D eigenvalue weighted by atomic mass is 10.1. The lowest BCUT2D eigenvalue weighted by Gasteiger charge is -2.34. The molecule has 2 aromatic carbocycles. The molecule has 0 saturated carbocycles. The molecule has 2 aliphatic rings. The summed E-state index contributed by atoms with van der Waals surface area (Å²) >= 11 is 0. The van der Waals surface area contributed by atoms with Crippen LogP contribution in [0.5, 0.6) is 5.75 Å². The van der Waals surface area contributed by atoms with E-state index >= 15 is 0 Å². The van der Waals surface area contributed by atoms with Gasteiger partial charge in [-0.25, -0.2) is 9.78 Å². The van der Waals surface area contributed by atoms with E-state index in [1.807, 2.05) is 18.2 Å². The third kappa shape index (κ3) is 6.09. The maximum Gasteiger partial charge on any atom is 0.412 e. The fourth-order valence-corrected chi connectivity index (χ4v) is 5.41. The Labute approximate surface area is 256 Å². The monoisotopic (exact) mass is 602 g/mol. The van der Waals surface area contributed by atoms with E-state index in [1.165, 1.54) is 27.9 Å².